The smallest absolute Gasteiger partial charge is 0.270 e. The zero-order valence-electron chi connectivity index (χ0n) is 13.3. The Morgan fingerprint density at radius 2 is 2.21 bits per heavy atom. The van der Waals surface area contributed by atoms with Gasteiger partial charge in [-0.2, -0.15) is 0 Å². The molecular weight excluding hydrogens is 313 g/mol. The van der Waals surface area contributed by atoms with Gasteiger partial charge in [0.1, 0.15) is 11.5 Å². The zero-order valence-corrected chi connectivity index (χ0v) is 13.3. The summed E-state index contributed by atoms with van der Waals surface area (Å²) < 4.78 is 18.9. The molecule has 2 N–H and O–H groups in total. The van der Waals surface area contributed by atoms with E-state index in [1.54, 1.807) is 13.0 Å². The van der Waals surface area contributed by atoms with E-state index in [0.29, 0.717) is 18.0 Å². The minimum atomic E-state index is -0.478. The molecule has 6 nitrogen and oxygen atoms in total. The Bertz CT molecular complexity index is 815. The fourth-order valence-electron chi connectivity index (χ4n) is 2.34. The molecule has 0 radical (unpaired) electrons. The number of H-pyrrole nitrogens is 1. The normalized spacial score (nSPS) is 13.6. The lowest BCUT2D eigenvalue weighted by Crippen LogP contribution is -2.26. The molecule has 126 valence electrons. The number of nitrogens with one attached hydrogen (secondary N) is 2. The summed E-state index contributed by atoms with van der Waals surface area (Å²) in [5.74, 6) is 0.0366. The number of amides is 1. The van der Waals surface area contributed by atoms with Gasteiger partial charge in [-0.25, -0.2) is 9.37 Å². The Balaban J connectivity index is 1.67. The highest BCUT2D eigenvalue weighted by Gasteiger charge is 2.27. The van der Waals surface area contributed by atoms with Gasteiger partial charge in [-0.1, -0.05) is 6.07 Å². The molecule has 2 aromatic rings. The molecular formula is C17H18FN3O3. The molecule has 1 aliphatic carbocycles. The Morgan fingerprint density at radius 3 is 2.88 bits per heavy atom. The van der Waals surface area contributed by atoms with Crippen LogP contribution in [-0.2, 0) is 6.54 Å². The molecule has 0 saturated heterocycles. The van der Waals surface area contributed by atoms with Crippen molar-refractivity contribution in [2.45, 2.75) is 32.2 Å². The number of halogens is 1. The van der Waals surface area contributed by atoms with E-state index < -0.39 is 11.7 Å². The molecule has 1 aromatic heterocycles. The van der Waals surface area contributed by atoms with Gasteiger partial charge in [0.2, 0.25) is 0 Å². The number of aromatic amines is 1. The molecule has 0 aliphatic heterocycles. The number of nitrogens with zero attached hydrogens (tertiary/aromatic N) is 1. The van der Waals surface area contributed by atoms with Crippen molar-refractivity contribution in [1.82, 2.24) is 15.3 Å². The predicted octanol–water partition coefficient (Wildman–Crippen LogP) is 2.12. The first-order chi connectivity index (χ1) is 11.6. The van der Waals surface area contributed by atoms with Gasteiger partial charge in [-0.3, -0.25) is 9.59 Å². The van der Waals surface area contributed by atoms with Crippen molar-refractivity contribution in [3.63, 3.8) is 0 Å². The summed E-state index contributed by atoms with van der Waals surface area (Å²) in [7, 11) is 0. The second-order valence-corrected chi connectivity index (χ2v) is 5.67. The van der Waals surface area contributed by atoms with Crippen LogP contribution >= 0.6 is 0 Å². The highest BCUT2D eigenvalue weighted by molar-refractivity contribution is 5.92. The van der Waals surface area contributed by atoms with Gasteiger partial charge in [0.05, 0.1) is 6.61 Å². The highest BCUT2D eigenvalue weighted by Crippen LogP contribution is 2.37. The molecule has 7 heteroatoms. The van der Waals surface area contributed by atoms with E-state index in [4.69, 9.17) is 4.74 Å². The van der Waals surface area contributed by atoms with Gasteiger partial charge in [0.15, 0.2) is 11.6 Å². The van der Waals surface area contributed by atoms with E-state index in [0.717, 1.165) is 12.8 Å². The monoisotopic (exact) mass is 331 g/mol. The van der Waals surface area contributed by atoms with Crippen LogP contribution in [0.25, 0.3) is 0 Å². The molecule has 0 bridgehead atoms. The summed E-state index contributed by atoms with van der Waals surface area (Å²) in [6, 6.07) is 5.68. The summed E-state index contributed by atoms with van der Waals surface area (Å²) in [6.45, 7) is 2.29. The molecule has 3 rings (SSSR count). The molecule has 1 aromatic carbocycles. The third-order valence-electron chi connectivity index (χ3n) is 3.71. The van der Waals surface area contributed by atoms with Crippen molar-refractivity contribution in [3.05, 3.63) is 57.5 Å². The summed E-state index contributed by atoms with van der Waals surface area (Å²) in [5.41, 5.74) is 0.327. The molecule has 0 atom stereocenters. The van der Waals surface area contributed by atoms with Crippen LogP contribution in [0.1, 0.15) is 47.6 Å². The quantitative estimate of drug-likeness (QED) is 0.849. The largest absolute Gasteiger partial charge is 0.491 e. The van der Waals surface area contributed by atoms with Crippen LogP contribution in [0.5, 0.6) is 5.75 Å². The summed E-state index contributed by atoms with van der Waals surface area (Å²) >= 11 is 0. The van der Waals surface area contributed by atoms with Gasteiger partial charge in [0.25, 0.3) is 11.5 Å². The maximum absolute atomic E-state index is 13.8. The summed E-state index contributed by atoms with van der Waals surface area (Å²) in [6.07, 6.45) is 1.94. The summed E-state index contributed by atoms with van der Waals surface area (Å²) in [5, 5.41) is 2.65. The van der Waals surface area contributed by atoms with Gasteiger partial charge < -0.3 is 15.0 Å². The van der Waals surface area contributed by atoms with E-state index in [2.05, 4.69) is 15.3 Å². The maximum Gasteiger partial charge on any atom is 0.270 e. The van der Waals surface area contributed by atoms with Crippen LogP contribution in [0.15, 0.2) is 29.1 Å². The van der Waals surface area contributed by atoms with E-state index in [-0.39, 0.29) is 29.5 Å². The Kier molecular flexibility index (Phi) is 4.59. The number of carbonyl (C=O) groups is 1. The number of hydrogen-bond acceptors (Lipinski definition) is 4. The van der Waals surface area contributed by atoms with Crippen LogP contribution in [0.4, 0.5) is 4.39 Å². The molecule has 1 heterocycles. The Hall–Kier alpha value is -2.70. The van der Waals surface area contributed by atoms with Crippen LogP contribution < -0.4 is 15.6 Å². The van der Waals surface area contributed by atoms with Crippen molar-refractivity contribution >= 4 is 5.91 Å². The first-order valence-electron chi connectivity index (χ1n) is 7.87. The number of rotatable bonds is 6. The predicted molar refractivity (Wildman–Crippen MR) is 85.6 cm³/mol. The lowest BCUT2D eigenvalue weighted by atomic mass is 10.2. The topological polar surface area (TPSA) is 84.1 Å². The number of hydrogen-bond donors (Lipinski definition) is 2. The number of benzene rings is 1. The number of aromatic nitrogens is 2. The van der Waals surface area contributed by atoms with E-state index in [1.807, 2.05) is 0 Å². The zero-order chi connectivity index (χ0) is 17.1. The van der Waals surface area contributed by atoms with Crippen LogP contribution in [-0.4, -0.2) is 22.5 Å². The van der Waals surface area contributed by atoms with Crippen molar-refractivity contribution in [2.24, 2.45) is 0 Å². The Labute approximate surface area is 138 Å². The molecule has 1 fully saturated rings. The SMILES string of the molecule is CCOc1ccc(CNC(=O)c2cc(=O)[nH]c(C3CC3)n2)cc1F. The van der Waals surface area contributed by atoms with Crippen molar-refractivity contribution in [2.75, 3.05) is 6.61 Å². The van der Waals surface area contributed by atoms with E-state index in [9.17, 15) is 14.0 Å². The molecule has 0 spiro atoms. The minimum absolute atomic E-state index is 0.0760. The number of ether oxygens (including phenoxy) is 1. The fourth-order valence-corrected chi connectivity index (χ4v) is 2.34. The first-order valence-corrected chi connectivity index (χ1v) is 7.87. The van der Waals surface area contributed by atoms with Crippen LogP contribution in [0.2, 0.25) is 0 Å². The van der Waals surface area contributed by atoms with E-state index in [1.165, 1.54) is 18.2 Å². The molecule has 24 heavy (non-hydrogen) atoms. The average molecular weight is 331 g/mol. The van der Waals surface area contributed by atoms with Gasteiger partial charge >= 0.3 is 0 Å². The summed E-state index contributed by atoms with van der Waals surface area (Å²) in [4.78, 5) is 30.7. The maximum atomic E-state index is 13.8. The molecule has 1 saturated carbocycles. The molecule has 1 aliphatic rings. The van der Waals surface area contributed by atoms with E-state index >= 15 is 0 Å². The highest BCUT2D eigenvalue weighted by atomic mass is 19.1. The first kappa shape index (κ1) is 16.2. The van der Waals surface area contributed by atoms with Gasteiger partial charge in [-0.05, 0) is 37.5 Å². The van der Waals surface area contributed by atoms with Gasteiger partial charge in [-0.15, -0.1) is 0 Å². The lowest BCUT2D eigenvalue weighted by molar-refractivity contribution is 0.0945. The average Bonchev–Trinajstić information content (AvgIpc) is 3.39. The third kappa shape index (κ3) is 3.79. The lowest BCUT2D eigenvalue weighted by Gasteiger charge is -2.08. The second kappa shape index (κ2) is 6.82. The van der Waals surface area contributed by atoms with Crippen LogP contribution in [0, 0.1) is 5.82 Å². The van der Waals surface area contributed by atoms with Crippen molar-refractivity contribution in [1.29, 1.82) is 0 Å². The molecule has 0 unspecified atom stereocenters. The third-order valence-corrected chi connectivity index (χ3v) is 3.71. The minimum Gasteiger partial charge on any atom is -0.491 e. The number of carbonyl (C=O) groups excluding carboxylic acids is 1. The molecule has 1 amide bonds. The standard InChI is InChI=1S/C17H18FN3O3/c1-2-24-14-6-3-10(7-12(14)18)9-19-17(23)13-8-15(22)21-16(20-13)11-4-5-11/h3,6-8,11H,2,4-5,9H2,1H3,(H,19,23)(H,20,21,22). The van der Waals surface area contributed by atoms with Crippen molar-refractivity contribution in [3.8, 4) is 5.75 Å². The Morgan fingerprint density at radius 1 is 1.42 bits per heavy atom. The second-order valence-electron chi connectivity index (χ2n) is 5.67. The van der Waals surface area contributed by atoms with Crippen molar-refractivity contribution < 1.29 is 13.9 Å². The van der Waals surface area contributed by atoms with Crippen LogP contribution in [0.3, 0.4) is 0 Å². The fraction of sp³-hybridized carbons (Fsp3) is 0.353. The van der Waals surface area contributed by atoms with Gasteiger partial charge in [0, 0.05) is 18.5 Å².